The first kappa shape index (κ1) is 38.0. The normalized spacial score (nSPS) is 11.8. The molecular weight excluding hydrogens is 647 g/mol. The minimum atomic E-state index is -5.08. The maximum Gasteiger partial charge on any atom is 0.490 e. The Morgan fingerprint density at radius 2 is 1.51 bits per heavy atom. The van der Waals surface area contributed by atoms with E-state index < -0.39 is 34.1 Å². The van der Waals surface area contributed by atoms with Crippen molar-refractivity contribution in [3.63, 3.8) is 0 Å². The molecule has 1 atom stereocenters. The zero-order chi connectivity index (χ0) is 35.5. The second-order valence-corrected chi connectivity index (χ2v) is 11.5. The van der Waals surface area contributed by atoms with Crippen LogP contribution in [0.5, 0.6) is 11.5 Å². The minimum absolute atomic E-state index is 0.103. The molecular formula is C30H34F3N5O8S. The van der Waals surface area contributed by atoms with E-state index in [0.717, 1.165) is 0 Å². The van der Waals surface area contributed by atoms with E-state index in [9.17, 15) is 31.2 Å². The molecule has 0 saturated carbocycles. The molecule has 1 unspecified atom stereocenters. The van der Waals surface area contributed by atoms with E-state index in [-0.39, 0.29) is 22.6 Å². The lowest BCUT2D eigenvalue weighted by molar-refractivity contribution is -0.192. The Kier molecular flexibility index (Phi) is 13.3. The number of hydrogen-bond acceptors (Lipinski definition) is 9. The van der Waals surface area contributed by atoms with Gasteiger partial charge < -0.3 is 25.6 Å². The molecule has 0 aliphatic rings. The van der Waals surface area contributed by atoms with Gasteiger partial charge in [0.05, 0.1) is 17.6 Å². The fraction of sp³-hybridized carbons (Fsp3) is 0.267. The highest BCUT2D eigenvalue weighted by atomic mass is 32.2. The fourth-order valence-corrected chi connectivity index (χ4v) is 4.50. The molecule has 0 radical (unpaired) electrons. The van der Waals surface area contributed by atoms with Crippen molar-refractivity contribution in [2.75, 3.05) is 11.9 Å². The maximum atomic E-state index is 13.4. The first-order chi connectivity index (χ1) is 21.8. The number of ether oxygens (including phenoxy) is 2. The minimum Gasteiger partial charge on any atom is -0.490 e. The number of carboxylic acid groups (broad SMARTS) is 1. The Balaban J connectivity index is 0.000000984. The molecule has 47 heavy (non-hydrogen) atoms. The van der Waals surface area contributed by atoms with Gasteiger partial charge in [-0.15, -0.1) is 4.83 Å². The zero-order valence-corrected chi connectivity index (χ0v) is 26.5. The van der Waals surface area contributed by atoms with Gasteiger partial charge in [-0.3, -0.25) is 20.4 Å². The van der Waals surface area contributed by atoms with Crippen LogP contribution in [0.1, 0.15) is 55.2 Å². The highest BCUT2D eigenvalue weighted by Gasteiger charge is 2.38. The van der Waals surface area contributed by atoms with Crippen LogP contribution >= 0.6 is 0 Å². The molecule has 3 aromatic rings. The van der Waals surface area contributed by atoms with Gasteiger partial charge in [0.2, 0.25) is 0 Å². The van der Waals surface area contributed by atoms with Crippen molar-refractivity contribution in [1.82, 2.24) is 10.3 Å². The molecule has 0 fully saturated rings. The van der Waals surface area contributed by atoms with Crippen LogP contribution in [-0.2, 0) is 19.6 Å². The van der Waals surface area contributed by atoms with Crippen molar-refractivity contribution in [3.05, 3.63) is 83.4 Å². The zero-order valence-electron chi connectivity index (χ0n) is 25.6. The second kappa shape index (κ2) is 16.4. The number of rotatable bonds is 13. The van der Waals surface area contributed by atoms with Gasteiger partial charge in [-0.05, 0) is 81.8 Å². The number of nitrogens with one attached hydrogen (secondary N) is 4. The summed E-state index contributed by atoms with van der Waals surface area (Å²) in [5.41, 5.74) is 9.67. The average molecular weight is 682 g/mol. The lowest BCUT2D eigenvalue weighted by Crippen LogP contribution is -2.45. The Labute approximate surface area is 268 Å². The van der Waals surface area contributed by atoms with E-state index in [1.165, 1.54) is 31.2 Å². The highest BCUT2D eigenvalue weighted by molar-refractivity contribution is 7.89. The van der Waals surface area contributed by atoms with Gasteiger partial charge in [0.15, 0.2) is 17.3 Å². The van der Waals surface area contributed by atoms with Gasteiger partial charge >= 0.3 is 12.1 Å². The number of ketones is 1. The van der Waals surface area contributed by atoms with Crippen LogP contribution in [0.4, 0.5) is 18.9 Å². The van der Waals surface area contributed by atoms with Crippen LogP contribution in [0.3, 0.4) is 0 Å². The summed E-state index contributed by atoms with van der Waals surface area (Å²) in [5, 5.41) is 17.8. The molecule has 3 aromatic carbocycles. The molecule has 13 nitrogen and oxygen atoms in total. The molecule has 0 aromatic heterocycles. The Morgan fingerprint density at radius 3 is 1.98 bits per heavy atom. The van der Waals surface area contributed by atoms with Gasteiger partial charge in [-0.2, -0.15) is 13.2 Å². The lowest BCUT2D eigenvalue weighted by atomic mass is 10.0. The second-order valence-electron chi connectivity index (χ2n) is 9.85. The maximum absolute atomic E-state index is 13.4. The molecule has 254 valence electrons. The van der Waals surface area contributed by atoms with Crippen LogP contribution in [0.25, 0.3) is 0 Å². The molecule has 0 aliphatic heterocycles. The molecule has 0 heterocycles. The number of benzene rings is 3. The number of hydrogen-bond donors (Lipinski definition) is 6. The van der Waals surface area contributed by atoms with Crippen LogP contribution in [-0.4, -0.2) is 55.9 Å². The lowest BCUT2D eigenvalue weighted by Gasteiger charge is -2.22. The summed E-state index contributed by atoms with van der Waals surface area (Å²) in [6, 6.07) is 15.8. The third-order valence-electron chi connectivity index (χ3n) is 5.85. The smallest absolute Gasteiger partial charge is 0.490 e. The topological polar surface area (TPSA) is 210 Å². The number of amidine groups is 1. The summed E-state index contributed by atoms with van der Waals surface area (Å²) in [6.45, 7) is 7.32. The Morgan fingerprint density at radius 1 is 0.957 bits per heavy atom. The third kappa shape index (κ3) is 11.6. The first-order valence-corrected chi connectivity index (χ1v) is 15.2. The fourth-order valence-electron chi connectivity index (χ4n) is 3.65. The van der Waals surface area contributed by atoms with Gasteiger partial charge in [0.1, 0.15) is 11.9 Å². The predicted molar refractivity (Wildman–Crippen MR) is 166 cm³/mol. The molecule has 0 spiro atoms. The van der Waals surface area contributed by atoms with Crippen LogP contribution in [0, 0.1) is 5.41 Å². The molecule has 0 saturated heterocycles. The van der Waals surface area contributed by atoms with Gasteiger partial charge in [0.25, 0.3) is 15.9 Å². The van der Waals surface area contributed by atoms with E-state index in [1.807, 2.05) is 20.8 Å². The summed E-state index contributed by atoms with van der Waals surface area (Å²) in [5.74, 6) is -2.85. The molecule has 0 aliphatic carbocycles. The third-order valence-corrected chi connectivity index (χ3v) is 7.12. The van der Waals surface area contributed by atoms with Crippen molar-refractivity contribution in [2.45, 2.75) is 50.9 Å². The first-order valence-electron chi connectivity index (χ1n) is 13.7. The SMILES string of the molecule is CCOc1cc(C(Nc2ccc(C(=N)N)cc2)C(=O)NNS(=O)(=O)c2ccc(C(C)=O)cc2)ccc1OC(C)C.O=C(O)C(F)(F)F. The van der Waals surface area contributed by atoms with Crippen molar-refractivity contribution < 1.29 is 50.6 Å². The number of carbonyl (C=O) groups is 3. The van der Waals surface area contributed by atoms with Gasteiger partial charge in [0, 0.05) is 16.8 Å². The van der Waals surface area contributed by atoms with Crippen LogP contribution in [0.2, 0.25) is 0 Å². The number of carboxylic acids is 1. The van der Waals surface area contributed by atoms with E-state index >= 15 is 0 Å². The number of nitrogens with two attached hydrogens (primary N) is 1. The number of amides is 1. The van der Waals surface area contributed by atoms with Crippen molar-refractivity contribution in [2.24, 2.45) is 5.73 Å². The standard InChI is InChI=1S/C28H33N5O6S.C2HF3O2/c1-5-38-25-16-21(10-15-24(25)39-17(2)3)26(31-22-11-6-20(7-12-22)27(29)30)28(35)32-33-40(36,37)23-13-8-19(9-14-23)18(4)34;3-2(4,5)1(6)7/h6-17,26,31,33H,5H2,1-4H3,(H3,29,30)(H,32,35);(H,6,7). The molecule has 3 rings (SSSR count). The number of nitrogen functional groups attached to an aromatic ring is 1. The summed E-state index contributed by atoms with van der Waals surface area (Å²) >= 11 is 0. The highest BCUT2D eigenvalue weighted by Crippen LogP contribution is 2.33. The Bertz CT molecular complexity index is 1680. The summed E-state index contributed by atoms with van der Waals surface area (Å²) in [7, 11) is -4.14. The van der Waals surface area contributed by atoms with E-state index in [2.05, 4.69) is 15.6 Å². The van der Waals surface area contributed by atoms with Crippen molar-refractivity contribution >= 4 is 39.2 Å². The molecule has 1 amide bonds. The number of Topliss-reactive ketones (excluding diaryl/α,β-unsaturated/α-hetero) is 1. The summed E-state index contributed by atoms with van der Waals surface area (Å²) < 4.78 is 68.9. The van der Waals surface area contributed by atoms with Crippen LogP contribution < -0.4 is 30.8 Å². The molecule has 0 bridgehead atoms. The number of aliphatic carboxylic acids is 1. The van der Waals surface area contributed by atoms with Crippen molar-refractivity contribution in [1.29, 1.82) is 5.41 Å². The predicted octanol–water partition coefficient (Wildman–Crippen LogP) is 4.16. The summed E-state index contributed by atoms with van der Waals surface area (Å²) in [6.07, 6.45) is -5.19. The van der Waals surface area contributed by atoms with Crippen LogP contribution in [0.15, 0.2) is 71.6 Å². The van der Waals surface area contributed by atoms with E-state index in [4.69, 9.17) is 30.5 Å². The molecule has 17 heteroatoms. The number of carbonyl (C=O) groups excluding carboxylic acids is 2. The number of sulfonamides is 1. The van der Waals surface area contributed by atoms with Crippen molar-refractivity contribution in [3.8, 4) is 11.5 Å². The number of hydrazine groups is 1. The average Bonchev–Trinajstić information content (AvgIpc) is 2.99. The molecule has 7 N–H and O–H groups in total. The number of halogens is 3. The number of anilines is 1. The van der Waals surface area contributed by atoms with E-state index in [0.29, 0.717) is 40.5 Å². The monoisotopic (exact) mass is 681 g/mol. The quantitative estimate of drug-likeness (QED) is 0.0657. The number of alkyl halides is 3. The van der Waals surface area contributed by atoms with Gasteiger partial charge in [-0.25, -0.2) is 13.2 Å². The largest absolute Gasteiger partial charge is 0.490 e. The Hall–Kier alpha value is -5.16. The summed E-state index contributed by atoms with van der Waals surface area (Å²) in [4.78, 5) is 35.8. The van der Waals surface area contributed by atoms with E-state index in [1.54, 1.807) is 42.5 Å². The van der Waals surface area contributed by atoms with Gasteiger partial charge in [-0.1, -0.05) is 18.2 Å².